The molecule has 0 aliphatic carbocycles. The van der Waals surface area contributed by atoms with Crippen LogP contribution in [-0.2, 0) is 14.3 Å². The van der Waals surface area contributed by atoms with Gasteiger partial charge in [-0.1, -0.05) is 23.9 Å². The van der Waals surface area contributed by atoms with Gasteiger partial charge in [0, 0.05) is 24.4 Å². The molecule has 0 bridgehead atoms. The van der Waals surface area contributed by atoms with E-state index in [2.05, 4.69) is 10.3 Å². The molecule has 0 saturated carbocycles. The number of rotatable bonds is 6. The number of alkyl halides is 7. The lowest BCUT2D eigenvalue weighted by molar-refractivity contribution is -0.330. The zero-order chi connectivity index (χ0) is 24.4. The van der Waals surface area contributed by atoms with Gasteiger partial charge in [-0.15, -0.1) is 0 Å². The van der Waals surface area contributed by atoms with Crippen molar-refractivity contribution in [2.75, 3.05) is 31.6 Å². The molecule has 1 aromatic rings. The van der Waals surface area contributed by atoms with E-state index in [4.69, 9.17) is 4.74 Å². The van der Waals surface area contributed by atoms with Crippen LogP contribution in [0.2, 0.25) is 0 Å². The van der Waals surface area contributed by atoms with E-state index in [9.17, 15) is 40.3 Å². The largest absolute Gasteiger partial charge is 0.460 e. The fraction of sp³-hybridized carbons (Fsp3) is 0.500. The minimum atomic E-state index is -6.47. The molecule has 0 unspecified atom stereocenters. The molecule has 1 N–H and O–H groups in total. The minimum Gasteiger partial charge on any atom is -0.378 e. The van der Waals surface area contributed by atoms with Crippen molar-refractivity contribution >= 4 is 46.2 Å². The van der Waals surface area contributed by atoms with E-state index < -0.39 is 63.2 Å². The molecule has 0 spiro atoms. The highest BCUT2D eigenvalue weighted by atomic mass is 32.2. The van der Waals surface area contributed by atoms with Gasteiger partial charge in [0.05, 0.1) is 18.9 Å². The molecule has 0 aromatic heterocycles. The second-order valence-electron chi connectivity index (χ2n) is 6.88. The number of hydrogen-bond donors (Lipinski definition) is 1. The molecule has 182 valence electrons. The molecule has 6 nitrogen and oxygen atoms in total. The average molecular weight is 519 g/mol. The van der Waals surface area contributed by atoms with Crippen molar-refractivity contribution < 1.29 is 45.1 Å². The molecule has 1 saturated heterocycles. The highest BCUT2D eigenvalue weighted by Crippen LogP contribution is 2.54. The molecule has 3 rings (SSSR count). The van der Waals surface area contributed by atoms with Crippen LogP contribution in [0.4, 0.5) is 36.4 Å². The molecule has 2 heterocycles. The Labute approximate surface area is 191 Å². The molecular formula is C18H16F7N3O3S2. The number of amidine groups is 1. The van der Waals surface area contributed by atoms with Crippen LogP contribution in [0, 0.1) is 0 Å². The van der Waals surface area contributed by atoms with Crippen molar-refractivity contribution in [2.24, 2.45) is 4.99 Å². The number of carbonyl (C=O) groups is 2. The van der Waals surface area contributed by atoms with Gasteiger partial charge in [-0.2, -0.15) is 35.7 Å². The molecule has 1 atom stereocenters. The third-order valence-electron chi connectivity index (χ3n) is 4.50. The van der Waals surface area contributed by atoms with Crippen LogP contribution in [0.1, 0.15) is 6.42 Å². The summed E-state index contributed by atoms with van der Waals surface area (Å²) in [5.41, 5.74) is -0.394. The van der Waals surface area contributed by atoms with E-state index in [0.717, 1.165) is 30.0 Å². The molecular weight excluding hydrogens is 503 g/mol. The summed E-state index contributed by atoms with van der Waals surface area (Å²) in [5.74, 6) is -7.70. The maximum atomic E-state index is 13.8. The molecule has 2 aliphatic rings. The summed E-state index contributed by atoms with van der Waals surface area (Å²) < 4.78 is 96.5. The van der Waals surface area contributed by atoms with E-state index in [-0.39, 0.29) is 0 Å². The van der Waals surface area contributed by atoms with Crippen LogP contribution in [0.25, 0.3) is 0 Å². The standard InChI is InChI=1S/C18H16F7N3O3S2/c19-16(20,17(21,22)23)18(24,25)33-11-4-2-1-3-10(11)26-13(29)9-12-14(30)27-15(32-12)28-5-7-31-8-6-28/h1-4,12H,5-9H2,(H,26,29)/t12-/m0/s1. The van der Waals surface area contributed by atoms with Gasteiger partial charge in [0.15, 0.2) is 5.17 Å². The normalized spacial score (nSPS) is 20.1. The summed E-state index contributed by atoms with van der Waals surface area (Å²) in [6.07, 6.45) is -6.88. The van der Waals surface area contributed by atoms with Crippen molar-refractivity contribution in [1.82, 2.24) is 4.90 Å². The van der Waals surface area contributed by atoms with Gasteiger partial charge in [0.25, 0.3) is 5.91 Å². The summed E-state index contributed by atoms with van der Waals surface area (Å²) >= 11 is 0.0245. The minimum absolute atomic E-state index is 0.394. The van der Waals surface area contributed by atoms with Gasteiger partial charge in [0.1, 0.15) is 5.25 Å². The number of benzene rings is 1. The first-order valence-corrected chi connectivity index (χ1v) is 11.0. The van der Waals surface area contributed by atoms with Crippen molar-refractivity contribution in [1.29, 1.82) is 0 Å². The highest BCUT2D eigenvalue weighted by molar-refractivity contribution is 8.15. The van der Waals surface area contributed by atoms with E-state index in [1.165, 1.54) is 6.07 Å². The predicted octanol–water partition coefficient (Wildman–Crippen LogP) is 4.23. The molecule has 1 fully saturated rings. The third-order valence-corrected chi connectivity index (χ3v) is 6.80. The van der Waals surface area contributed by atoms with E-state index in [1.54, 1.807) is 0 Å². The quantitative estimate of drug-likeness (QED) is 0.448. The Balaban J connectivity index is 1.65. The van der Waals surface area contributed by atoms with Gasteiger partial charge in [-0.3, -0.25) is 9.59 Å². The van der Waals surface area contributed by atoms with Gasteiger partial charge in [0.2, 0.25) is 5.91 Å². The van der Waals surface area contributed by atoms with Gasteiger partial charge in [-0.25, -0.2) is 0 Å². The summed E-state index contributed by atoms with van der Waals surface area (Å²) in [5, 5.41) is -3.81. The number of carbonyl (C=O) groups excluding carboxylic acids is 2. The number of morpholine rings is 1. The Bertz CT molecular complexity index is 937. The molecule has 33 heavy (non-hydrogen) atoms. The number of para-hydroxylation sites is 1. The third kappa shape index (κ3) is 5.74. The van der Waals surface area contributed by atoms with Crippen LogP contribution in [-0.4, -0.2) is 70.8 Å². The maximum absolute atomic E-state index is 13.8. The number of hydrogen-bond acceptors (Lipinski definition) is 6. The van der Waals surface area contributed by atoms with Crippen LogP contribution in [0.3, 0.4) is 0 Å². The summed E-state index contributed by atoms with van der Waals surface area (Å²) in [7, 11) is 0. The van der Waals surface area contributed by atoms with Crippen LogP contribution < -0.4 is 5.32 Å². The molecule has 2 aliphatic heterocycles. The van der Waals surface area contributed by atoms with Crippen molar-refractivity contribution in [2.45, 2.75) is 33.9 Å². The zero-order valence-electron chi connectivity index (χ0n) is 16.5. The van der Waals surface area contributed by atoms with Gasteiger partial charge in [-0.05, 0) is 23.9 Å². The van der Waals surface area contributed by atoms with Crippen molar-refractivity contribution in [3.05, 3.63) is 24.3 Å². The maximum Gasteiger partial charge on any atom is 0.460 e. The zero-order valence-corrected chi connectivity index (χ0v) is 18.1. The number of aliphatic imine (C=N–C) groups is 1. The number of thioether (sulfide) groups is 2. The lowest BCUT2D eigenvalue weighted by Gasteiger charge is -2.28. The molecule has 0 radical (unpaired) electrons. The van der Waals surface area contributed by atoms with E-state index in [0.29, 0.717) is 31.5 Å². The Hall–Kier alpha value is -2.00. The number of amides is 2. The van der Waals surface area contributed by atoms with Gasteiger partial charge >= 0.3 is 17.4 Å². The average Bonchev–Trinajstić information content (AvgIpc) is 3.09. The topological polar surface area (TPSA) is 71.0 Å². The second-order valence-corrected chi connectivity index (χ2v) is 9.20. The first kappa shape index (κ1) is 25.6. The number of nitrogens with zero attached hydrogens (tertiary/aromatic N) is 2. The highest BCUT2D eigenvalue weighted by Gasteiger charge is 2.73. The Morgan fingerprint density at radius 3 is 2.42 bits per heavy atom. The fourth-order valence-electron chi connectivity index (χ4n) is 2.79. The summed E-state index contributed by atoms with van der Waals surface area (Å²) in [6.45, 7) is 1.93. The van der Waals surface area contributed by atoms with Crippen LogP contribution in [0.5, 0.6) is 0 Å². The van der Waals surface area contributed by atoms with E-state index in [1.807, 2.05) is 4.90 Å². The number of nitrogens with one attached hydrogen (secondary N) is 1. The first-order valence-electron chi connectivity index (χ1n) is 9.34. The Morgan fingerprint density at radius 1 is 1.15 bits per heavy atom. The summed E-state index contributed by atoms with van der Waals surface area (Å²) in [4.78, 5) is 29.5. The number of ether oxygens (including phenoxy) is 1. The van der Waals surface area contributed by atoms with Crippen molar-refractivity contribution in [3.63, 3.8) is 0 Å². The summed E-state index contributed by atoms with van der Waals surface area (Å²) in [6, 6.07) is 4.35. The number of anilines is 1. The van der Waals surface area contributed by atoms with E-state index >= 15 is 0 Å². The lowest BCUT2D eigenvalue weighted by Crippen LogP contribution is -2.49. The van der Waals surface area contributed by atoms with Crippen LogP contribution >= 0.6 is 23.5 Å². The fourth-order valence-corrected chi connectivity index (χ4v) is 4.81. The SMILES string of the molecule is O=C(C[C@@H]1SC(N2CCOCC2)=NC1=O)Nc1ccccc1SC(F)(F)C(F)(F)C(F)(F)F. The smallest absolute Gasteiger partial charge is 0.378 e. The number of halogens is 7. The Kier molecular flexibility index (Phi) is 7.53. The monoisotopic (exact) mass is 519 g/mol. The first-order chi connectivity index (χ1) is 15.3. The molecule has 2 amide bonds. The molecule has 15 heteroatoms. The lowest BCUT2D eigenvalue weighted by atomic mass is 10.2. The Morgan fingerprint density at radius 2 is 1.79 bits per heavy atom. The second kappa shape index (κ2) is 9.70. The predicted molar refractivity (Wildman–Crippen MR) is 108 cm³/mol. The van der Waals surface area contributed by atoms with Crippen molar-refractivity contribution in [3.8, 4) is 0 Å². The van der Waals surface area contributed by atoms with Crippen LogP contribution in [0.15, 0.2) is 34.2 Å². The molecule has 1 aromatic carbocycles. The van der Waals surface area contributed by atoms with Gasteiger partial charge < -0.3 is 15.0 Å².